The molecule has 0 aliphatic carbocycles. The first-order valence-corrected chi connectivity index (χ1v) is 15.7. The van der Waals surface area contributed by atoms with Gasteiger partial charge in [0.15, 0.2) is 0 Å². The molecule has 3 aromatic heterocycles. The van der Waals surface area contributed by atoms with Crippen LogP contribution in [-0.2, 0) is 0 Å². The van der Waals surface area contributed by atoms with Gasteiger partial charge in [-0.05, 0) is 79.3 Å². The molecule has 0 spiro atoms. The van der Waals surface area contributed by atoms with Crippen molar-refractivity contribution in [1.82, 2.24) is 19.3 Å². The summed E-state index contributed by atoms with van der Waals surface area (Å²) in [5.41, 5.74) is 10.3. The van der Waals surface area contributed by atoms with E-state index in [1.54, 1.807) is 0 Å². The lowest BCUT2D eigenvalue weighted by atomic mass is 9.92. The van der Waals surface area contributed by atoms with E-state index < -0.39 is 0 Å². The number of rotatable bonds is 7. The Kier molecular flexibility index (Phi) is 7.25. The molecule has 0 aliphatic rings. The van der Waals surface area contributed by atoms with Crippen molar-refractivity contribution in [1.29, 1.82) is 0 Å². The highest BCUT2D eigenvalue weighted by atomic mass is 16.5. The molecular formula is C40H38N4O. The summed E-state index contributed by atoms with van der Waals surface area (Å²) < 4.78 is 10.9. The Morgan fingerprint density at radius 3 is 2.18 bits per heavy atom. The third-order valence-electron chi connectivity index (χ3n) is 8.42. The van der Waals surface area contributed by atoms with Gasteiger partial charge >= 0.3 is 0 Å². The Hall–Kier alpha value is -5.16. The average Bonchev–Trinajstić information content (AvgIpc) is 3.58. The predicted octanol–water partition coefficient (Wildman–Crippen LogP) is 10.7. The first-order chi connectivity index (χ1) is 21.8. The van der Waals surface area contributed by atoms with Crippen molar-refractivity contribution in [3.8, 4) is 34.1 Å². The molecule has 0 fully saturated rings. The number of aromatic nitrogens is 4. The Balaban J connectivity index is 1.32. The predicted molar refractivity (Wildman–Crippen MR) is 185 cm³/mol. The van der Waals surface area contributed by atoms with Crippen molar-refractivity contribution < 1.29 is 4.74 Å². The largest absolute Gasteiger partial charge is 0.457 e. The summed E-state index contributed by atoms with van der Waals surface area (Å²) in [5.74, 6) is 2.97. The first kappa shape index (κ1) is 28.6. The smallest absolute Gasteiger partial charge is 0.137 e. The second kappa shape index (κ2) is 11.4. The Morgan fingerprint density at radius 2 is 1.40 bits per heavy atom. The van der Waals surface area contributed by atoms with Gasteiger partial charge in [0.25, 0.3) is 0 Å². The standard InChI is InChI=1S/C40H38N4O/c1-25(2)39-38(29-12-9-11-27(5)21-29)40(26(3)4)44(42-39)30-13-10-14-31(23-30)45-32-17-18-34-33-15-7-8-16-35(33)43(36(34)24-32)37-22-28(6)19-20-41-37/h7-26H,1-6H3. The number of hydrogen-bond donors (Lipinski definition) is 0. The van der Waals surface area contributed by atoms with Gasteiger partial charge in [-0.15, -0.1) is 0 Å². The third kappa shape index (κ3) is 5.18. The lowest BCUT2D eigenvalue weighted by Crippen LogP contribution is -2.05. The van der Waals surface area contributed by atoms with Gasteiger partial charge in [-0.3, -0.25) is 4.57 Å². The van der Waals surface area contributed by atoms with Crippen molar-refractivity contribution >= 4 is 21.8 Å². The summed E-state index contributed by atoms with van der Waals surface area (Å²) in [5, 5.41) is 7.58. The highest BCUT2D eigenvalue weighted by molar-refractivity contribution is 6.09. The number of benzene rings is 4. The second-order valence-corrected chi connectivity index (χ2v) is 12.6. The summed E-state index contributed by atoms with van der Waals surface area (Å²) in [7, 11) is 0. The zero-order valence-electron chi connectivity index (χ0n) is 26.7. The molecule has 3 heterocycles. The van der Waals surface area contributed by atoms with Crippen LogP contribution in [0.3, 0.4) is 0 Å². The van der Waals surface area contributed by atoms with Crippen LogP contribution >= 0.6 is 0 Å². The molecular weight excluding hydrogens is 552 g/mol. The van der Waals surface area contributed by atoms with E-state index in [9.17, 15) is 0 Å². The highest BCUT2D eigenvalue weighted by Crippen LogP contribution is 2.39. The van der Waals surface area contributed by atoms with Gasteiger partial charge in [-0.1, -0.05) is 81.8 Å². The molecule has 0 atom stereocenters. The van der Waals surface area contributed by atoms with E-state index >= 15 is 0 Å². The second-order valence-electron chi connectivity index (χ2n) is 12.6. The van der Waals surface area contributed by atoms with E-state index in [1.165, 1.54) is 33.3 Å². The lowest BCUT2D eigenvalue weighted by Gasteiger charge is -2.15. The molecule has 4 aromatic carbocycles. The topological polar surface area (TPSA) is 44.9 Å². The number of hydrogen-bond acceptors (Lipinski definition) is 3. The van der Waals surface area contributed by atoms with Crippen LogP contribution in [0.1, 0.15) is 62.0 Å². The molecule has 7 rings (SSSR count). The molecule has 0 bridgehead atoms. The number of para-hydroxylation sites is 1. The number of fused-ring (bicyclic) bond motifs is 3. The SMILES string of the molecule is Cc1cccc(-c2c(C(C)C)nn(-c3cccc(Oc4ccc5c6ccccc6n(-c6cc(C)ccn6)c5c4)c3)c2C(C)C)c1. The molecule has 5 nitrogen and oxygen atoms in total. The highest BCUT2D eigenvalue weighted by Gasteiger charge is 2.24. The Labute approximate surface area is 264 Å². The van der Waals surface area contributed by atoms with Crippen LogP contribution in [0.4, 0.5) is 0 Å². The first-order valence-electron chi connectivity index (χ1n) is 15.7. The van der Waals surface area contributed by atoms with Crippen LogP contribution in [0.15, 0.2) is 109 Å². The molecule has 0 unspecified atom stereocenters. The molecule has 0 saturated heterocycles. The Bertz CT molecular complexity index is 2180. The van der Waals surface area contributed by atoms with Crippen LogP contribution < -0.4 is 4.74 Å². The quantitative estimate of drug-likeness (QED) is 0.185. The van der Waals surface area contributed by atoms with Crippen molar-refractivity contribution in [2.45, 2.75) is 53.4 Å². The van der Waals surface area contributed by atoms with E-state index in [4.69, 9.17) is 14.8 Å². The van der Waals surface area contributed by atoms with Gasteiger partial charge in [0, 0.05) is 34.7 Å². The minimum atomic E-state index is 0.268. The van der Waals surface area contributed by atoms with Gasteiger partial charge in [0.2, 0.25) is 0 Å². The van der Waals surface area contributed by atoms with Gasteiger partial charge in [-0.25, -0.2) is 9.67 Å². The molecule has 45 heavy (non-hydrogen) atoms. The summed E-state index contributed by atoms with van der Waals surface area (Å²) in [6.07, 6.45) is 1.87. The van der Waals surface area contributed by atoms with Crippen LogP contribution in [0.25, 0.3) is 44.4 Å². The van der Waals surface area contributed by atoms with Crippen molar-refractivity contribution in [2.24, 2.45) is 0 Å². The van der Waals surface area contributed by atoms with E-state index in [0.29, 0.717) is 0 Å². The minimum absolute atomic E-state index is 0.268. The van der Waals surface area contributed by atoms with E-state index in [0.717, 1.165) is 45.1 Å². The van der Waals surface area contributed by atoms with E-state index in [1.807, 2.05) is 24.4 Å². The van der Waals surface area contributed by atoms with E-state index in [2.05, 4.69) is 136 Å². The molecule has 0 radical (unpaired) electrons. The fraction of sp³-hybridized carbons (Fsp3) is 0.200. The van der Waals surface area contributed by atoms with Gasteiger partial charge in [0.1, 0.15) is 17.3 Å². The molecule has 7 aromatic rings. The summed E-state index contributed by atoms with van der Waals surface area (Å²) >= 11 is 0. The minimum Gasteiger partial charge on any atom is -0.457 e. The monoisotopic (exact) mass is 590 g/mol. The van der Waals surface area contributed by atoms with Crippen molar-refractivity contribution in [3.05, 3.63) is 132 Å². The summed E-state index contributed by atoms with van der Waals surface area (Å²) in [6, 6.07) is 35.9. The maximum absolute atomic E-state index is 6.57. The number of pyridine rings is 1. The lowest BCUT2D eigenvalue weighted by molar-refractivity contribution is 0.482. The van der Waals surface area contributed by atoms with Gasteiger partial charge in [0.05, 0.1) is 28.1 Å². The maximum Gasteiger partial charge on any atom is 0.137 e. The normalized spacial score (nSPS) is 11.7. The average molecular weight is 591 g/mol. The van der Waals surface area contributed by atoms with Gasteiger partial charge < -0.3 is 4.74 Å². The zero-order valence-corrected chi connectivity index (χ0v) is 26.7. The van der Waals surface area contributed by atoms with Crippen LogP contribution in [0.5, 0.6) is 11.5 Å². The molecule has 0 N–H and O–H groups in total. The molecule has 0 saturated carbocycles. The van der Waals surface area contributed by atoms with Crippen molar-refractivity contribution in [3.63, 3.8) is 0 Å². The fourth-order valence-electron chi connectivity index (χ4n) is 6.40. The molecule has 0 aliphatic heterocycles. The summed E-state index contributed by atoms with van der Waals surface area (Å²) in [4.78, 5) is 4.72. The fourth-order valence-corrected chi connectivity index (χ4v) is 6.40. The zero-order chi connectivity index (χ0) is 31.2. The number of aryl methyl sites for hydroxylation is 2. The Morgan fingerprint density at radius 1 is 0.644 bits per heavy atom. The van der Waals surface area contributed by atoms with Gasteiger partial charge in [-0.2, -0.15) is 5.10 Å². The molecule has 224 valence electrons. The number of nitrogens with zero attached hydrogens (tertiary/aromatic N) is 4. The molecule has 5 heteroatoms. The molecule has 0 amide bonds. The maximum atomic E-state index is 6.57. The van der Waals surface area contributed by atoms with Crippen LogP contribution in [0, 0.1) is 13.8 Å². The van der Waals surface area contributed by atoms with Crippen LogP contribution in [-0.4, -0.2) is 19.3 Å². The van der Waals surface area contributed by atoms with Crippen LogP contribution in [0.2, 0.25) is 0 Å². The number of ether oxygens (including phenoxy) is 1. The third-order valence-corrected chi connectivity index (χ3v) is 8.42. The van der Waals surface area contributed by atoms with E-state index in [-0.39, 0.29) is 11.8 Å². The van der Waals surface area contributed by atoms with Crippen molar-refractivity contribution in [2.75, 3.05) is 0 Å². The summed E-state index contributed by atoms with van der Waals surface area (Å²) in [6.45, 7) is 13.2.